The molecule has 0 aromatic carbocycles. The molecule has 0 bridgehead atoms. The van der Waals surface area contributed by atoms with Gasteiger partial charge in [0.05, 0.1) is 11.8 Å². The normalized spacial score (nSPS) is 21.2. The third-order valence-corrected chi connectivity index (χ3v) is 3.23. The van der Waals surface area contributed by atoms with Crippen molar-refractivity contribution in [3.8, 4) is 0 Å². The Labute approximate surface area is 95.4 Å². The van der Waals surface area contributed by atoms with Gasteiger partial charge in [-0.25, -0.2) is 0 Å². The molecule has 1 aromatic heterocycles. The molecular formula is C11H18N4O. The van der Waals surface area contributed by atoms with Crippen molar-refractivity contribution in [3.05, 3.63) is 17.5 Å². The minimum absolute atomic E-state index is 0.0969. The van der Waals surface area contributed by atoms with Gasteiger partial charge in [0, 0.05) is 38.4 Å². The monoisotopic (exact) mass is 222 g/mol. The van der Waals surface area contributed by atoms with Crippen molar-refractivity contribution in [2.75, 3.05) is 19.6 Å². The number of aromatic nitrogens is 2. The largest absolute Gasteiger partial charge is 0.333 e. The third kappa shape index (κ3) is 1.82. The second-order valence-electron chi connectivity index (χ2n) is 4.32. The molecule has 5 heteroatoms. The molecule has 1 N–H and O–H groups in total. The van der Waals surface area contributed by atoms with Crippen LogP contribution in [0.3, 0.4) is 0 Å². The van der Waals surface area contributed by atoms with Gasteiger partial charge in [-0.05, 0) is 13.8 Å². The van der Waals surface area contributed by atoms with Crippen LogP contribution in [0.25, 0.3) is 0 Å². The predicted molar refractivity (Wildman–Crippen MR) is 61.3 cm³/mol. The molecule has 1 fully saturated rings. The van der Waals surface area contributed by atoms with Crippen molar-refractivity contribution < 1.29 is 4.79 Å². The average molecular weight is 222 g/mol. The topological polar surface area (TPSA) is 50.2 Å². The van der Waals surface area contributed by atoms with E-state index in [1.807, 2.05) is 18.9 Å². The van der Waals surface area contributed by atoms with E-state index in [2.05, 4.69) is 17.3 Å². The molecule has 0 saturated carbocycles. The van der Waals surface area contributed by atoms with E-state index in [1.165, 1.54) is 0 Å². The number of nitrogens with zero attached hydrogens (tertiary/aromatic N) is 3. The number of carbonyl (C=O) groups excluding carboxylic acids is 1. The number of hydrogen-bond donors (Lipinski definition) is 1. The number of carbonyl (C=O) groups is 1. The zero-order valence-corrected chi connectivity index (χ0v) is 10.0. The van der Waals surface area contributed by atoms with Gasteiger partial charge in [-0.1, -0.05) is 0 Å². The molecule has 5 nitrogen and oxygen atoms in total. The van der Waals surface area contributed by atoms with Crippen LogP contribution in [-0.4, -0.2) is 46.3 Å². The summed E-state index contributed by atoms with van der Waals surface area (Å²) in [6, 6.07) is 0.251. The SMILES string of the molecule is Cc1c(C(=O)N2CCNCC2C)cnn1C. The van der Waals surface area contributed by atoms with Gasteiger partial charge < -0.3 is 10.2 Å². The Kier molecular flexibility index (Phi) is 2.96. The Morgan fingerprint density at radius 3 is 2.94 bits per heavy atom. The number of aryl methyl sites for hydroxylation is 1. The van der Waals surface area contributed by atoms with Crippen LogP contribution in [0.4, 0.5) is 0 Å². The van der Waals surface area contributed by atoms with Crippen LogP contribution in [-0.2, 0) is 7.05 Å². The van der Waals surface area contributed by atoms with Crippen LogP contribution in [0.5, 0.6) is 0 Å². The summed E-state index contributed by atoms with van der Waals surface area (Å²) in [5, 5.41) is 7.39. The first kappa shape index (κ1) is 11.1. The number of rotatable bonds is 1. The van der Waals surface area contributed by atoms with Crippen molar-refractivity contribution in [2.45, 2.75) is 19.9 Å². The maximum atomic E-state index is 12.3. The fourth-order valence-electron chi connectivity index (χ4n) is 2.01. The van der Waals surface area contributed by atoms with E-state index in [4.69, 9.17) is 0 Å². The number of amides is 1. The maximum Gasteiger partial charge on any atom is 0.257 e. The van der Waals surface area contributed by atoms with Crippen molar-refractivity contribution in [1.82, 2.24) is 20.0 Å². The lowest BCUT2D eigenvalue weighted by atomic mass is 10.1. The Balaban J connectivity index is 2.21. The van der Waals surface area contributed by atoms with E-state index >= 15 is 0 Å². The van der Waals surface area contributed by atoms with E-state index in [-0.39, 0.29) is 11.9 Å². The number of nitrogens with one attached hydrogen (secondary N) is 1. The average Bonchev–Trinajstić information content (AvgIpc) is 2.60. The Bertz CT molecular complexity index is 399. The van der Waals surface area contributed by atoms with Gasteiger partial charge in [-0.15, -0.1) is 0 Å². The summed E-state index contributed by atoms with van der Waals surface area (Å²) < 4.78 is 1.74. The highest BCUT2D eigenvalue weighted by Gasteiger charge is 2.26. The molecule has 1 aliphatic heterocycles. The first-order valence-electron chi connectivity index (χ1n) is 5.61. The highest BCUT2D eigenvalue weighted by molar-refractivity contribution is 5.95. The van der Waals surface area contributed by atoms with Crippen molar-refractivity contribution in [3.63, 3.8) is 0 Å². The Morgan fingerprint density at radius 1 is 1.62 bits per heavy atom. The lowest BCUT2D eigenvalue weighted by Gasteiger charge is -2.33. The molecule has 1 aromatic rings. The maximum absolute atomic E-state index is 12.3. The van der Waals surface area contributed by atoms with E-state index in [0.29, 0.717) is 0 Å². The zero-order valence-electron chi connectivity index (χ0n) is 10.0. The molecule has 1 aliphatic rings. The van der Waals surface area contributed by atoms with Gasteiger partial charge in [0.1, 0.15) is 0 Å². The Morgan fingerprint density at radius 2 is 2.38 bits per heavy atom. The minimum Gasteiger partial charge on any atom is -0.333 e. The van der Waals surface area contributed by atoms with E-state index in [1.54, 1.807) is 10.9 Å². The lowest BCUT2D eigenvalue weighted by molar-refractivity contribution is 0.0655. The van der Waals surface area contributed by atoms with Crippen LogP contribution in [0.15, 0.2) is 6.20 Å². The molecule has 2 heterocycles. The second kappa shape index (κ2) is 4.25. The molecule has 88 valence electrons. The summed E-state index contributed by atoms with van der Waals surface area (Å²) in [7, 11) is 1.85. The molecular weight excluding hydrogens is 204 g/mol. The van der Waals surface area contributed by atoms with E-state index in [0.717, 1.165) is 30.9 Å². The molecule has 0 aliphatic carbocycles. The number of piperazine rings is 1. The van der Waals surface area contributed by atoms with Crippen LogP contribution in [0.2, 0.25) is 0 Å². The molecule has 1 unspecified atom stereocenters. The molecule has 16 heavy (non-hydrogen) atoms. The summed E-state index contributed by atoms with van der Waals surface area (Å²) in [6.07, 6.45) is 1.66. The smallest absolute Gasteiger partial charge is 0.257 e. The van der Waals surface area contributed by atoms with Gasteiger partial charge in [0.15, 0.2) is 0 Å². The van der Waals surface area contributed by atoms with Gasteiger partial charge in [0.25, 0.3) is 5.91 Å². The molecule has 1 atom stereocenters. The summed E-state index contributed by atoms with van der Waals surface area (Å²) >= 11 is 0. The standard InChI is InChI=1S/C11H18N4O/c1-8-6-12-4-5-15(8)11(16)10-7-13-14(3)9(10)2/h7-8,12H,4-6H2,1-3H3. The Hall–Kier alpha value is -1.36. The quantitative estimate of drug-likeness (QED) is 0.736. The van der Waals surface area contributed by atoms with Crippen molar-refractivity contribution in [2.24, 2.45) is 7.05 Å². The first-order valence-corrected chi connectivity index (χ1v) is 5.61. The fraction of sp³-hybridized carbons (Fsp3) is 0.636. The van der Waals surface area contributed by atoms with Gasteiger partial charge in [-0.3, -0.25) is 9.48 Å². The van der Waals surface area contributed by atoms with E-state index < -0.39 is 0 Å². The minimum atomic E-state index is 0.0969. The lowest BCUT2D eigenvalue weighted by Crippen LogP contribution is -2.52. The zero-order chi connectivity index (χ0) is 11.7. The summed E-state index contributed by atoms with van der Waals surface area (Å²) in [6.45, 7) is 6.50. The highest BCUT2D eigenvalue weighted by atomic mass is 16.2. The fourth-order valence-corrected chi connectivity index (χ4v) is 2.01. The van der Waals surface area contributed by atoms with Gasteiger partial charge in [0.2, 0.25) is 0 Å². The van der Waals surface area contributed by atoms with Crippen molar-refractivity contribution in [1.29, 1.82) is 0 Å². The molecule has 0 spiro atoms. The van der Waals surface area contributed by atoms with Crippen LogP contribution in [0, 0.1) is 6.92 Å². The van der Waals surface area contributed by atoms with Crippen molar-refractivity contribution >= 4 is 5.91 Å². The molecule has 1 amide bonds. The second-order valence-corrected chi connectivity index (χ2v) is 4.32. The van der Waals surface area contributed by atoms with Gasteiger partial charge in [-0.2, -0.15) is 5.10 Å². The van der Waals surface area contributed by atoms with E-state index in [9.17, 15) is 4.79 Å². The highest BCUT2D eigenvalue weighted by Crippen LogP contribution is 2.13. The molecule has 1 saturated heterocycles. The van der Waals surface area contributed by atoms with Crippen LogP contribution >= 0.6 is 0 Å². The first-order chi connectivity index (χ1) is 7.61. The molecule has 2 rings (SSSR count). The van der Waals surface area contributed by atoms with Crippen LogP contribution < -0.4 is 5.32 Å². The summed E-state index contributed by atoms with van der Waals surface area (Å²) in [5.74, 6) is 0.0969. The summed E-state index contributed by atoms with van der Waals surface area (Å²) in [5.41, 5.74) is 1.65. The third-order valence-electron chi connectivity index (χ3n) is 3.23. The summed E-state index contributed by atoms with van der Waals surface area (Å²) in [4.78, 5) is 14.2. The molecule has 0 radical (unpaired) electrons. The van der Waals surface area contributed by atoms with Gasteiger partial charge >= 0.3 is 0 Å². The number of hydrogen-bond acceptors (Lipinski definition) is 3. The van der Waals surface area contributed by atoms with Crippen LogP contribution in [0.1, 0.15) is 23.0 Å². The predicted octanol–water partition coefficient (Wildman–Crippen LogP) is 0.162.